The van der Waals surface area contributed by atoms with Gasteiger partial charge in [0.1, 0.15) is 0 Å². The van der Waals surface area contributed by atoms with Gasteiger partial charge in [0, 0.05) is 52.4 Å². The molecule has 219 valence electrons. The summed E-state index contributed by atoms with van der Waals surface area (Å²) in [6, 6.07) is 0. The van der Waals surface area contributed by atoms with E-state index in [4.69, 9.17) is 99.4 Å². The Hall–Kier alpha value is 3.32. The van der Waals surface area contributed by atoms with E-state index >= 15 is 0 Å². The molecule has 0 bridgehead atoms. The number of halogens is 3. The molecule has 16 heteroatoms. The fourth-order valence-corrected chi connectivity index (χ4v) is 3.99. The quantitative estimate of drug-likeness (QED) is 0.105. The van der Waals surface area contributed by atoms with Gasteiger partial charge in [-0.3, -0.25) is 0 Å². The third-order valence-corrected chi connectivity index (χ3v) is 6.15. The van der Waals surface area contributed by atoms with Crippen LogP contribution >= 0.6 is 107 Å². The fourth-order valence-electron chi connectivity index (χ4n) is 1.93. The van der Waals surface area contributed by atoms with Crippen LogP contribution in [0.25, 0.3) is 0 Å². The Kier molecular flexibility index (Phi) is 49.5. The van der Waals surface area contributed by atoms with Crippen molar-refractivity contribution in [3.8, 4) is 0 Å². The molecule has 0 saturated carbocycles. The fraction of sp³-hybridized carbons (Fsp3) is 0.800. The second-order valence-electron chi connectivity index (χ2n) is 5.93. The van der Waals surface area contributed by atoms with Crippen LogP contribution in [0.4, 0.5) is 0 Å². The molecule has 0 rings (SSSR count). The summed E-state index contributed by atoms with van der Waals surface area (Å²) < 4.78 is 2.31. The van der Waals surface area contributed by atoms with Gasteiger partial charge in [-0.2, -0.15) is 0 Å². The zero-order valence-corrected chi connectivity index (χ0v) is 37.3. The Labute approximate surface area is 303 Å². The minimum atomic E-state index is -0.447. The predicted octanol–water partition coefficient (Wildman–Crippen LogP) is 7.29. The first-order valence-electron chi connectivity index (χ1n) is 11.2. The van der Waals surface area contributed by atoms with E-state index in [1.165, 1.54) is 0 Å². The molecule has 0 radical (unpaired) electrons. The van der Waals surface area contributed by atoms with Crippen molar-refractivity contribution in [1.82, 2.24) is 19.6 Å². The van der Waals surface area contributed by atoms with E-state index in [1.807, 2.05) is 75.0 Å². The summed E-state index contributed by atoms with van der Waals surface area (Å²) in [6.07, 6.45) is -0.447. The molecule has 0 N–H and O–H groups in total. The van der Waals surface area contributed by atoms with E-state index in [0.29, 0.717) is 17.3 Å². The molecule has 0 aliphatic rings. The van der Waals surface area contributed by atoms with Crippen LogP contribution in [0.5, 0.6) is 0 Å². The minimum absolute atomic E-state index is 0.447. The molecule has 4 nitrogen and oxygen atoms in total. The first kappa shape index (κ1) is 49.0. The monoisotopic (exact) mass is 1070 g/mol. The van der Waals surface area contributed by atoms with Gasteiger partial charge in [0.25, 0.3) is 0 Å². The molecule has 0 aromatic carbocycles. The number of hydrogen-bond donors (Lipinski definition) is 0. The average molecular weight is 1070 g/mol. The molecule has 0 aliphatic heterocycles. The summed E-state index contributed by atoms with van der Waals surface area (Å²) in [5, 5.41) is 0. The van der Waals surface area contributed by atoms with E-state index in [-0.39, 0.29) is 0 Å². The van der Waals surface area contributed by atoms with Crippen molar-refractivity contribution in [2.45, 2.75) is 55.4 Å². The standard InChI is InChI=1S/4C5H11NS2.3HI.Mo/c4*1-3-6(4-2)5(7)8;;;;/h4*3-4H2,1-2H3,(H,7,8);3*1H;/q;;;;;;;+3/p-7. The maximum atomic E-state index is 4.76. The van der Waals surface area contributed by atoms with Gasteiger partial charge in [-0.15, -0.1) is 0 Å². The zero-order valence-electron chi connectivity index (χ0n) is 22.3. The van der Waals surface area contributed by atoms with Gasteiger partial charge in [-0.05, 0) is 55.4 Å². The Morgan fingerprint density at radius 2 is 0.528 bits per heavy atom. The van der Waals surface area contributed by atoms with Gasteiger partial charge in [-0.1, -0.05) is 17.3 Å². The van der Waals surface area contributed by atoms with Gasteiger partial charge >= 0.3 is 64.3 Å². The first-order valence-corrected chi connectivity index (χ1v) is 32.4. The van der Waals surface area contributed by atoms with E-state index in [9.17, 15) is 0 Å². The summed E-state index contributed by atoms with van der Waals surface area (Å²) in [5.74, 6) is 0. The Bertz CT molecular complexity index is 460. The molecule has 0 atom stereocenters. The van der Waals surface area contributed by atoms with Gasteiger partial charge in [0.15, 0.2) is 0 Å². The first-order chi connectivity index (χ1) is 16.6. The second kappa shape index (κ2) is 36.3. The van der Waals surface area contributed by atoms with Crippen molar-refractivity contribution in [2.24, 2.45) is 0 Å². The van der Waals surface area contributed by atoms with Crippen LogP contribution in [0.1, 0.15) is 55.4 Å². The van der Waals surface area contributed by atoms with Gasteiger partial charge in [-0.25, -0.2) is 0 Å². The van der Waals surface area contributed by atoms with Crippen LogP contribution in [0.15, 0.2) is 0 Å². The zero-order chi connectivity index (χ0) is 29.9. The molecule has 0 aromatic heterocycles. The predicted molar refractivity (Wildman–Crippen MR) is 214 cm³/mol. The van der Waals surface area contributed by atoms with Crippen LogP contribution in [-0.2, 0) is 56.8 Å². The van der Waals surface area contributed by atoms with Crippen molar-refractivity contribution >= 4 is 175 Å². The topological polar surface area (TPSA) is 13.0 Å². The Morgan fingerprint density at radius 3 is 0.528 bits per heavy atom. The summed E-state index contributed by atoms with van der Waals surface area (Å²) in [7, 11) is 0. The summed E-state index contributed by atoms with van der Waals surface area (Å²) in [4.78, 5) is 7.85. The van der Waals surface area contributed by atoms with E-state index in [2.05, 4.69) is 58.1 Å². The Morgan fingerprint density at radius 1 is 0.444 bits per heavy atom. The number of nitrogens with zero attached hydrogens (tertiary/aromatic N) is 4. The third-order valence-electron chi connectivity index (χ3n) is 4.09. The Balaban J connectivity index is -0.000000113. The van der Waals surface area contributed by atoms with Crippen molar-refractivity contribution < 1.29 is 6.27 Å². The summed E-state index contributed by atoms with van der Waals surface area (Å²) in [6.45, 7) is 23.8. The number of thiocarbonyl (C=S) groups is 4. The molecule has 0 amide bonds. The van der Waals surface area contributed by atoms with E-state index in [1.54, 1.807) is 0 Å². The van der Waals surface area contributed by atoms with Crippen molar-refractivity contribution in [2.75, 3.05) is 52.4 Å². The summed E-state index contributed by atoms with van der Waals surface area (Å²) in [5.41, 5.74) is 0. The molecular formula is C20H40I3MoN4S8-4. The average Bonchev–Trinajstić information content (AvgIpc) is 2.77. The molecule has 0 heterocycles. The number of hydrogen-bond acceptors (Lipinski definition) is 8. The van der Waals surface area contributed by atoms with Crippen molar-refractivity contribution in [1.29, 1.82) is 0 Å². The van der Waals surface area contributed by atoms with Crippen molar-refractivity contribution in [3.05, 3.63) is 0 Å². The van der Waals surface area contributed by atoms with Crippen LogP contribution in [0.3, 0.4) is 0 Å². The van der Waals surface area contributed by atoms with Gasteiger partial charge in [0.05, 0.1) is 0 Å². The molecule has 0 aromatic rings. The molecule has 0 spiro atoms. The van der Waals surface area contributed by atoms with Crippen LogP contribution in [0, 0.1) is 0 Å². The molecule has 0 fully saturated rings. The van der Waals surface area contributed by atoms with E-state index < -0.39 is 6.27 Å². The van der Waals surface area contributed by atoms with Crippen LogP contribution in [0.2, 0.25) is 0 Å². The van der Waals surface area contributed by atoms with Gasteiger partial charge < -0.3 is 119 Å². The molecule has 0 aliphatic carbocycles. The molecule has 0 saturated heterocycles. The van der Waals surface area contributed by atoms with Crippen molar-refractivity contribution in [3.63, 3.8) is 0 Å². The van der Waals surface area contributed by atoms with Crippen LogP contribution in [-0.4, -0.2) is 89.2 Å². The molecular weight excluding hydrogens is 1030 g/mol. The normalized spacial score (nSPS) is 8.78. The molecule has 36 heavy (non-hydrogen) atoms. The SMILES string of the molecule is CCN(CC)C(=S)[S-].CCN(CC)C(=S)[S-].CCN(CC)C(=S)[S-].CCN(CC)C(=S)[S-].[I][Mo]([I])[I]. The van der Waals surface area contributed by atoms with Gasteiger partial charge in [0.2, 0.25) is 0 Å². The van der Waals surface area contributed by atoms with E-state index in [0.717, 1.165) is 52.4 Å². The molecule has 0 unspecified atom stereocenters. The number of rotatable bonds is 8. The maximum absolute atomic E-state index is 4.76. The summed E-state index contributed by atoms with van der Waals surface area (Å²) >= 11 is 45.5. The third kappa shape index (κ3) is 39.5. The van der Waals surface area contributed by atoms with Crippen LogP contribution < -0.4 is 0 Å². The second-order valence-corrected chi connectivity index (χ2v) is 56.5.